The first-order valence-corrected chi connectivity index (χ1v) is 10.1. The lowest BCUT2D eigenvalue weighted by Gasteiger charge is -2.16. The van der Waals surface area contributed by atoms with Gasteiger partial charge in [0.25, 0.3) is 0 Å². The van der Waals surface area contributed by atoms with Gasteiger partial charge >= 0.3 is 0 Å². The van der Waals surface area contributed by atoms with E-state index in [9.17, 15) is 0 Å². The molecule has 0 bridgehead atoms. The molecule has 0 fully saturated rings. The molecule has 1 aromatic heterocycles. The largest absolute Gasteiger partial charge is 0.493 e. The summed E-state index contributed by atoms with van der Waals surface area (Å²) in [6.45, 7) is 8.82. The molecule has 0 spiro atoms. The summed E-state index contributed by atoms with van der Waals surface area (Å²) in [6, 6.07) is 6.37. The second kappa shape index (κ2) is 13.5. The second-order valence-corrected chi connectivity index (χ2v) is 7.62. The number of rotatable bonds is 10. The number of aliphatic imine (C=N–C) groups is 1. The van der Waals surface area contributed by atoms with Crippen LogP contribution in [0.4, 0.5) is 0 Å². The van der Waals surface area contributed by atoms with Crippen LogP contribution in [0.5, 0.6) is 5.75 Å². The fourth-order valence-corrected chi connectivity index (χ4v) is 2.94. The minimum Gasteiger partial charge on any atom is -0.493 e. The van der Waals surface area contributed by atoms with Crippen LogP contribution in [0, 0.1) is 12.8 Å². The van der Waals surface area contributed by atoms with Crippen LogP contribution in [0.1, 0.15) is 43.4 Å². The predicted molar refractivity (Wildman–Crippen MR) is 131 cm³/mol. The molecule has 6 nitrogen and oxygen atoms in total. The van der Waals surface area contributed by atoms with E-state index in [-0.39, 0.29) is 24.0 Å². The quantitative estimate of drug-likeness (QED) is 0.218. The third kappa shape index (κ3) is 9.51. The van der Waals surface area contributed by atoms with E-state index in [1.807, 2.05) is 24.1 Å². The zero-order valence-electron chi connectivity index (χ0n) is 18.4. The predicted octanol–water partition coefficient (Wildman–Crippen LogP) is 4.07. The smallest absolute Gasteiger partial charge is 0.191 e. The lowest BCUT2D eigenvalue weighted by atomic mass is 10.1. The molecule has 0 unspecified atom stereocenters. The van der Waals surface area contributed by atoms with Gasteiger partial charge in [0.15, 0.2) is 5.96 Å². The number of nitrogens with one attached hydrogen (secondary N) is 2. The number of benzene rings is 1. The number of hydrogen-bond donors (Lipinski definition) is 2. The highest BCUT2D eigenvalue weighted by Crippen LogP contribution is 2.21. The van der Waals surface area contributed by atoms with E-state index < -0.39 is 0 Å². The Balaban J connectivity index is 0.00000420. The van der Waals surface area contributed by atoms with Crippen molar-refractivity contribution >= 4 is 29.9 Å². The number of guanidine groups is 1. The fourth-order valence-electron chi connectivity index (χ4n) is 2.94. The molecular weight excluding hydrogens is 477 g/mol. The highest BCUT2D eigenvalue weighted by molar-refractivity contribution is 14.0. The van der Waals surface area contributed by atoms with Crippen molar-refractivity contribution < 1.29 is 4.74 Å². The molecule has 0 aliphatic heterocycles. The van der Waals surface area contributed by atoms with Crippen molar-refractivity contribution in [2.45, 2.75) is 46.6 Å². The van der Waals surface area contributed by atoms with Crippen LogP contribution < -0.4 is 15.4 Å². The third-order valence-corrected chi connectivity index (χ3v) is 4.54. The van der Waals surface area contributed by atoms with E-state index in [1.165, 1.54) is 17.5 Å². The maximum Gasteiger partial charge on any atom is 0.191 e. The molecule has 29 heavy (non-hydrogen) atoms. The number of halogens is 1. The Morgan fingerprint density at radius 1 is 1.28 bits per heavy atom. The number of aromatic nitrogens is 2. The van der Waals surface area contributed by atoms with Gasteiger partial charge in [0.2, 0.25) is 0 Å². The van der Waals surface area contributed by atoms with Crippen molar-refractivity contribution in [3.8, 4) is 5.75 Å². The van der Waals surface area contributed by atoms with Gasteiger partial charge < -0.3 is 15.4 Å². The number of hydrogen-bond acceptors (Lipinski definition) is 3. The zero-order valence-corrected chi connectivity index (χ0v) is 20.7. The molecule has 0 saturated heterocycles. The molecule has 162 valence electrons. The Labute approximate surface area is 192 Å². The summed E-state index contributed by atoms with van der Waals surface area (Å²) in [5, 5.41) is 10.9. The van der Waals surface area contributed by atoms with Crippen LogP contribution in [-0.4, -0.2) is 35.9 Å². The Morgan fingerprint density at radius 2 is 2.07 bits per heavy atom. The van der Waals surface area contributed by atoms with Crippen LogP contribution in [0.2, 0.25) is 0 Å². The first kappa shape index (κ1) is 25.3. The maximum atomic E-state index is 6.07. The fraction of sp³-hybridized carbons (Fsp3) is 0.545. The molecule has 0 radical (unpaired) electrons. The topological polar surface area (TPSA) is 63.5 Å². The van der Waals surface area contributed by atoms with Crippen molar-refractivity contribution in [2.24, 2.45) is 18.0 Å². The summed E-state index contributed by atoms with van der Waals surface area (Å²) < 4.78 is 7.89. The maximum absolute atomic E-state index is 6.07. The van der Waals surface area contributed by atoms with Crippen LogP contribution in [0.3, 0.4) is 0 Å². The molecule has 0 aliphatic rings. The highest BCUT2D eigenvalue weighted by atomic mass is 127. The van der Waals surface area contributed by atoms with Crippen LogP contribution >= 0.6 is 24.0 Å². The lowest BCUT2D eigenvalue weighted by molar-refractivity contribution is 0.294. The average molecular weight is 513 g/mol. The lowest BCUT2D eigenvalue weighted by Crippen LogP contribution is -2.37. The summed E-state index contributed by atoms with van der Waals surface area (Å²) in [6.07, 6.45) is 7.10. The minimum atomic E-state index is 0. The van der Waals surface area contributed by atoms with Gasteiger partial charge in [-0.3, -0.25) is 9.67 Å². The monoisotopic (exact) mass is 513 g/mol. The summed E-state index contributed by atoms with van der Waals surface area (Å²) in [5.41, 5.74) is 3.56. The molecule has 7 heteroatoms. The molecule has 2 aromatic rings. The average Bonchev–Trinajstić information content (AvgIpc) is 3.07. The molecule has 2 rings (SSSR count). The molecule has 0 aliphatic carbocycles. The Bertz CT molecular complexity index is 757. The van der Waals surface area contributed by atoms with E-state index in [4.69, 9.17) is 4.74 Å². The second-order valence-electron chi connectivity index (χ2n) is 7.62. The van der Waals surface area contributed by atoms with E-state index in [0.29, 0.717) is 12.5 Å². The summed E-state index contributed by atoms with van der Waals surface area (Å²) >= 11 is 0. The van der Waals surface area contributed by atoms with E-state index in [1.54, 1.807) is 7.05 Å². The Morgan fingerprint density at radius 3 is 2.72 bits per heavy atom. The molecule has 0 atom stereocenters. The number of nitrogens with zero attached hydrogens (tertiary/aromatic N) is 3. The van der Waals surface area contributed by atoms with Gasteiger partial charge in [-0.1, -0.05) is 26.0 Å². The normalized spacial score (nSPS) is 11.3. The van der Waals surface area contributed by atoms with Crippen LogP contribution in [-0.2, 0) is 20.0 Å². The van der Waals surface area contributed by atoms with Crippen LogP contribution in [0.25, 0.3) is 0 Å². The Hall–Kier alpha value is -1.77. The van der Waals surface area contributed by atoms with Crippen molar-refractivity contribution in [3.05, 3.63) is 47.3 Å². The summed E-state index contributed by atoms with van der Waals surface area (Å²) in [4.78, 5) is 4.31. The minimum absolute atomic E-state index is 0. The van der Waals surface area contributed by atoms with Gasteiger partial charge in [-0.25, -0.2) is 0 Å². The van der Waals surface area contributed by atoms with Crippen molar-refractivity contribution in [1.29, 1.82) is 0 Å². The first-order chi connectivity index (χ1) is 13.5. The first-order valence-electron chi connectivity index (χ1n) is 10.1. The summed E-state index contributed by atoms with van der Waals surface area (Å²) in [7, 11) is 3.72. The molecule has 1 heterocycles. The van der Waals surface area contributed by atoms with Crippen molar-refractivity contribution in [3.63, 3.8) is 0 Å². The standard InChI is InChI=1S/C22H35N5O.HI/c1-17(2)7-6-12-28-21-13-18(3)8-9-20(21)15-25-22(23-4)24-11-10-19-14-26-27(5)16-19;/h8-9,13-14,16-17H,6-7,10-12,15H2,1-5H3,(H2,23,24,25);1H. The van der Waals surface area contributed by atoms with E-state index in [2.05, 4.69) is 59.7 Å². The van der Waals surface area contributed by atoms with Gasteiger partial charge in [0.05, 0.1) is 12.8 Å². The van der Waals surface area contributed by atoms with Gasteiger partial charge in [-0.2, -0.15) is 5.10 Å². The summed E-state index contributed by atoms with van der Waals surface area (Å²) in [5.74, 6) is 2.46. The zero-order chi connectivity index (χ0) is 20.4. The third-order valence-electron chi connectivity index (χ3n) is 4.54. The molecule has 1 aromatic carbocycles. The molecule has 2 N–H and O–H groups in total. The van der Waals surface area contributed by atoms with Gasteiger partial charge in [0.1, 0.15) is 5.75 Å². The number of aryl methyl sites for hydroxylation is 2. The Kier molecular flexibility index (Phi) is 11.7. The SMILES string of the molecule is CN=C(NCCc1cnn(C)c1)NCc1ccc(C)cc1OCCCC(C)C.I. The van der Waals surface area contributed by atoms with Crippen LogP contribution in [0.15, 0.2) is 35.6 Å². The van der Waals surface area contributed by atoms with E-state index >= 15 is 0 Å². The highest BCUT2D eigenvalue weighted by Gasteiger charge is 2.07. The number of ether oxygens (including phenoxy) is 1. The molecule has 0 amide bonds. The molecular formula is C22H36IN5O. The van der Waals surface area contributed by atoms with Crippen molar-refractivity contribution in [2.75, 3.05) is 20.2 Å². The van der Waals surface area contributed by atoms with Gasteiger partial charge in [-0.15, -0.1) is 24.0 Å². The molecule has 0 saturated carbocycles. The van der Waals surface area contributed by atoms with Gasteiger partial charge in [0, 0.05) is 38.9 Å². The van der Waals surface area contributed by atoms with Crippen molar-refractivity contribution in [1.82, 2.24) is 20.4 Å². The van der Waals surface area contributed by atoms with E-state index in [0.717, 1.165) is 43.3 Å². The van der Waals surface area contributed by atoms with Gasteiger partial charge in [-0.05, 0) is 49.3 Å².